The average Bonchev–Trinajstić information content (AvgIpc) is 3.16. The summed E-state index contributed by atoms with van der Waals surface area (Å²) in [6.07, 6.45) is 6.10. The third-order valence-electron chi connectivity index (χ3n) is 4.33. The fraction of sp³-hybridized carbons (Fsp3) is 0.786. The van der Waals surface area contributed by atoms with Gasteiger partial charge < -0.3 is 19.5 Å². The van der Waals surface area contributed by atoms with E-state index in [1.807, 2.05) is 16.5 Å². The first kappa shape index (κ1) is 14.3. The van der Waals surface area contributed by atoms with Gasteiger partial charge in [0.05, 0.1) is 6.10 Å². The molecule has 1 aromatic rings. The molecule has 2 aliphatic heterocycles. The largest absolute Gasteiger partial charge is 0.376 e. The van der Waals surface area contributed by atoms with Gasteiger partial charge in [0.1, 0.15) is 12.2 Å². The number of likely N-dealkylation sites (tertiary alicyclic amines) is 1. The van der Waals surface area contributed by atoms with Crippen LogP contribution < -0.4 is 5.32 Å². The molecule has 3 rings (SSSR count). The predicted molar refractivity (Wildman–Crippen MR) is 76.9 cm³/mol. The van der Waals surface area contributed by atoms with Crippen LogP contribution in [0.4, 0.5) is 4.79 Å². The van der Waals surface area contributed by atoms with Crippen LogP contribution in [0.1, 0.15) is 37.4 Å². The van der Waals surface area contributed by atoms with Crippen molar-refractivity contribution in [3.05, 3.63) is 12.2 Å². The molecule has 0 aliphatic carbocycles. The number of amides is 2. The van der Waals surface area contributed by atoms with Gasteiger partial charge in [0.15, 0.2) is 0 Å². The lowest BCUT2D eigenvalue weighted by Gasteiger charge is -2.32. The topological polar surface area (TPSA) is 72.3 Å². The first-order chi connectivity index (χ1) is 10.2. The first-order valence-corrected chi connectivity index (χ1v) is 7.72. The van der Waals surface area contributed by atoms with E-state index in [0.29, 0.717) is 13.1 Å². The Labute approximate surface area is 124 Å². The van der Waals surface area contributed by atoms with Crippen molar-refractivity contribution >= 4 is 6.03 Å². The van der Waals surface area contributed by atoms with E-state index in [2.05, 4.69) is 15.5 Å². The molecule has 116 valence electrons. The third kappa shape index (κ3) is 3.34. The van der Waals surface area contributed by atoms with Gasteiger partial charge in [-0.1, -0.05) is 0 Å². The van der Waals surface area contributed by atoms with Crippen molar-refractivity contribution in [1.29, 1.82) is 0 Å². The monoisotopic (exact) mass is 293 g/mol. The van der Waals surface area contributed by atoms with Gasteiger partial charge >= 0.3 is 6.03 Å². The molecule has 0 aromatic carbocycles. The molecular formula is C14H23N5O2. The van der Waals surface area contributed by atoms with E-state index in [0.717, 1.165) is 44.7 Å². The third-order valence-corrected chi connectivity index (χ3v) is 4.33. The molecule has 1 aromatic heterocycles. The van der Waals surface area contributed by atoms with Crippen LogP contribution in [0.5, 0.6) is 0 Å². The molecule has 0 bridgehead atoms. The SMILES string of the molecule is Cn1cnnc1[C@H]1CCCN(C(=O)NC[C@H]2CCCO2)C1. The quantitative estimate of drug-likeness (QED) is 0.898. The van der Waals surface area contributed by atoms with E-state index in [4.69, 9.17) is 4.74 Å². The van der Waals surface area contributed by atoms with Gasteiger partial charge in [-0.05, 0) is 25.7 Å². The molecule has 0 spiro atoms. The maximum atomic E-state index is 12.3. The maximum absolute atomic E-state index is 12.3. The zero-order chi connectivity index (χ0) is 14.7. The number of carbonyl (C=O) groups is 1. The number of carbonyl (C=O) groups excluding carboxylic acids is 1. The molecule has 21 heavy (non-hydrogen) atoms. The summed E-state index contributed by atoms with van der Waals surface area (Å²) < 4.78 is 7.47. The predicted octanol–water partition coefficient (Wildman–Crippen LogP) is 0.883. The highest BCUT2D eigenvalue weighted by molar-refractivity contribution is 5.74. The van der Waals surface area contributed by atoms with Crippen molar-refractivity contribution in [3.8, 4) is 0 Å². The van der Waals surface area contributed by atoms with Crippen LogP contribution in [0, 0.1) is 0 Å². The molecule has 7 nitrogen and oxygen atoms in total. The Morgan fingerprint density at radius 2 is 2.38 bits per heavy atom. The summed E-state index contributed by atoms with van der Waals surface area (Å²) in [5, 5.41) is 11.1. The van der Waals surface area contributed by atoms with Gasteiger partial charge in [-0.2, -0.15) is 0 Å². The van der Waals surface area contributed by atoms with Crippen LogP contribution in [-0.2, 0) is 11.8 Å². The van der Waals surface area contributed by atoms with E-state index >= 15 is 0 Å². The summed E-state index contributed by atoms with van der Waals surface area (Å²) in [5.41, 5.74) is 0. The molecule has 0 unspecified atom stereocenters. The van der Waals surface area contributed by atoms with E-state index < -0.39 is 0 Å². The molecule has 2 atom stereocenters. The van der Waals surface area contributed by atoms with E-state index in [1.54, 1.807) is 6.33 Å². The van der Waals surface area contributed by atoms with E-state index in [9.17, 15) is 4.79 Å². The maximum Gasteiger partial charge on any atom is 0.317 e. The normalized spacial score (nSPS) is 26.0. The average molecular weight is 293 g/mol. The van der Waals surface area contributed by atoms with Crippen molar-refractivity contribution in [2.75, 3.05) is 26.2 Å². The second-order valence-electron chi connectivity index (χ2n) is 5.91. The van der Waals surface area contributed by atoms with Gasteiger partial charge in [0, 0.05) is 39.2 Å². The number of nitrogens with one attached hydrogen (secondary N) is 1. The Kier molecular flexibility index (Phi) is 4.38. The molecule has 0 saturated carbocycles. The zero-order valence-electron chi connectivity index (χ0n) is 12.5. The van der Waals surface area contributed by atoms with Crippen molar-refractivity contribution in [2.24, 2.45) is 7.05 Å². The number of rotatable bonds is 3. The Bertz CT molecular complexity index is 483. The molecule has 3 heterocycles. The summed E-state index contributed by atoms with van der Waals surface area (Å²) in [7, 11) is 1.95. The van der Waals surface area contributed by atoms with Crippen molar-refractivity contribution in [3.63, 3.8) is 0 Å². The Balaban J connectivity index is 1.53. The highest BCUT2D eigenvalue weighted by Gasteiger charge is 2.28. The summed E-state index contributed by atoms with van der Waals surface area (Å²) in [5.74, 6) is 1.24. The van der Waals surface area contributed by atoms with Gasteiger partial charge in [-0.25, -0.2) is 4.79 Å². The molecule has 0 radical (unpaired) electrons. The van der Waals surface area contributed by atoms with Gasteiger partial charge in [0.25, 0.3) is 0 Å². The van der Waals surface area contributed by atoms with Crippen LogP contribution in [0.2, 0.25) is 0 Å². The number of aryl methyl sites for hydroxylation is 1. The highest BCUT2D eigenvalue weighted by atomic mass is 16.5. The first-order valence-electron chi connectivity index (χ1n) is 7.72. The molecular weight excluding hydrogens is 270 g/mol. The van der Waals surface area contributed by atoms with Crippen molar-refractivity contribution < 1.29 is 9.53 Å². The van der Waals surface area contributed by atoms with Crippen LogP contribution in [-0.4, -0.2) is 58.0 Å². The van der Waals surface area contributed by atoms with Gasteiger partial charge in [-0.3, -0.25) is 0 Å². The number of urea groups is 1. The fourth-order valence-corrected chi connectivity index (χ4v) is 3.15. The number of piperidine rings is 1. The van der Waals surface area contributed by atoms with Crippen LogP contribution in [0.15, 0.2) is 6.33 Å². The van der Waals surface area contributed by atoms with Crippen LogP contribution in [0.25, 0.3) is 0 Å². The van der Waals surface area contributed by atoms with Crippen LogP contribution in [0.3, 0.4) is 0 Å². The highest BCUT2D eigenvalue weighted by Crippen LogP contribution is 2.25. The molecule has 2 fully saturated rings. The lowest BCUT2D eigenvalue weighted by molar-refractivity contribution is 0.107. The number of nitrogens with zero attached hydrogens (tertiary/aromatic N) is 4. The lowest BCUT2D eigenvalue weighted by atomic mass is 9.97. The van der Waals surface area contributed by atoms with Gasteiger partial charge in [0.2, 0.25) is 0 Å². The number of ether oxygens (including phenoxy) is 1. The second kappa shape index (κ2) is 6.43. The summed E-state index contributed by atoms with van der Waals surface area (Å²) in [4.78, 5) is 14.2. The molecule has 7 heteroatoms. The second-order valence-corrected chi connectivity index (χ2v) is 5.91. The molecule has 1 N–H and O–H groups in total. The zero-order valence-corrected chi connectivity index (χ0v) is 12.5. The van der Waals surface area contributed by atoms with E-state index in [1.165, 1.54) is 0 Å². The number of hydrogen-bond acceptors (Lipinski definition) is 4. The number of hydrogen-bond donors (Lipinski definition) is 1. The Morgan fingerprint density at radius 3 is 3.10 bits per heavy atom. The standard InChI is InChI=1S/C14H23N5O2/c1-18-10-16-17-13(18)11-4-2-6-19(9-11)14(20)15-8-12-5-3-7-21-12/h10-12H,2-9H2,1H3,(H,15,20)/t11-,12+/m0/s1. The molecule has 2 aliphatic rings. The fourth-order valence-electron chi connectivity index (χ4n) is 3.15. The number of aromatic nitrogens is 3. The van der Waals surface area contributed by atoms with Crippen LogP contribution >= 0.6 is 0 Å². The Hall–Kier alpha value is -1.63. The van der Waals surface area contributed by atoms with Crippen molar-refractivity contribution in [1.82, 2.24) is 25.0 Å². The molecule has 2 saturated heterocycles. The minimum absolute atomic E-state index is 0.0115. The van der Waals surface area contributed by atoms with E-state index in [-0.39, 0.29) is 18.1 Å². The molecule has 2 amide bonds. The minimum atomic E-state index is 0.0115. The minimum Gasteiger partial charge on any atom is -0.376 e. The smallest absolute Gasteiger partial charge is 0.317 e. The summed E-state index contributed by atoms with van der Waals surface area (Å²) in [6.45, 7) is 2.96. The summed E-state index contributed by atoms with van der Waals surface area (Å²) in [6, 6.07) is 0.0115. The lowest BCUT2D eigenvalue weighted by Crippen LogP contribution is -2.47. The summed E-state index contributed by atoms with van der Waals surface area (Å²) >= 11 is 0. The Morgan fingerprint density at radius 1 is 1.48 bits per heavy atom. The van der Waals surface area contributed by atoms with Crippen molar-refractivity contribution in [2.45, 2.75) is 37.7 Å². The van der Waals surface area contributed by atoms with Gasteiger partial charge in [-0.15, -0.1) is 10.2 Å².